The van der Waals surface area contributed by atoms with Gasteiger partial charge >= 0.3 is 6.18 Å². The van der Waals surface area contributed by atoms with E-state index in [1.54, 1.807) is 24.3 Å². The van der Waals surface area contributed by atoms with Gasteiger partial charge < -0.3 is 14.9 Å². The summed E-state index contributed by atoms with van der Waals surface area (Å²) in [5.74, 6) is -0.638. The van der Waals surface area contributed by atoms with Crippen LogP contribution >= 0.6 is 0 Å². The number of nitrogens with one attached hydrogen (secondary N) is 2. The molecule has 2 N–H and O–H groups in total. The third-order valence-electron chi connectivity index (χ3n) is 3.96. The summed E-state index contributed by atoms with van der Waals surface area (Å²) in [5, 5.41) is 2.61. The van der Waals surface area contributed by atoms with Gasteiger partial charge in [0.25, 0.3) is 5.91 Å². The largest absolute Gasteiger partial charge is 0.772 e. The van der Waals surface area contributed by atoms with Crippen molar-refractivity contribution >= 4 is 22.7 Å². The highest BCUT2D eigenvalue weighted by Crippen LogP contribution is 2.36. The number of carbonyl (C=O) groups is 1. The zero-order chi connectivity index (χ0) is 20.3. The van der Waals surface area contributed by atoms with Crippen molar-refractivity contribution in [2.75, 3.05) is 5.32 Å². The van der Waals surface area contributed by atoms with Crippen molar-refractivity contribution in [3.8, 4) is 11.3 Å². The molecule has 1 aromatic heterocycles. The molecule has 0 radical (unpaired) electrons. The Kier molecular flexibility index (Phi) is 5.66. The van der Waals surface area contributed by atoms with Gasteiger partial charge in [0.15, 0.2) is 0 Å². The van der Waals surface area contributed by atoms with Crippen molar-refractivity contribution in [3.63, 3.8) is 0 Å². The number of alkyl halides is 3. The minimum atomic E-state index is -4.51. The number of aromatic amines is 1. The lowest BCUT2D eigenvalue weighted by Gasteiger charge is -2.11. The van der Waals surface area contributed by atoms with Crippen molar-refractivity contribution < 1.29 is 26.7 Å². The maximum atomic E-state index is 13.2. The number of H-pyrrole nitrogens is 1. The van der Waals surface area contributed by atoms with Gasteiger partial charge in [0.2, 0.25) is 0 Å². The second-order valence-electron chi connectivity index (χ2n) is 5.94. The van der Waals surface area contributed by atoms with Crippen molar-refractivity contribution in [2.45, 2.75) is 11.9 Å². The fourth-order valence-electron chi connectivity index (χ4n) is 2.67. The van der Waals surface area contributed by atoms with Crippen molar-refractivity contribution in [2.24, 2.45) is 0 Å². The zero-order valence-electron chi connectivity index (χ0n) is 14.2. The molecule has 0 saturated heterocycles. The highest BCUT2D eigenvalue weighted by Gasteiger charge is 2.33. The second kappa shape index (κ2) is 7.99. The Morgan fingerprint density at radius 2 is 1.79 bits per heavy atom. The number of hydrogen-bond donors (Lipinski definition) is 2. The predicted octanol–water partition coefficient (Wildman–Crippen LogP) is 4.33. The third-order valence-corrected chi connectivity index (χ3v) is 4.53. The molecule has 0 fully saturated rings. The van der Waals surface area contributed by atoms with E-state index in [0.29, 0.717) is 11.3 Å². The first-order valence-electron chi connectivity index (χ1n) is 8.05. The summed E-state index contributed by atoms with van der Waals surface area (Å²) in [7, 11) is 0. The Balaban J connectivity index is 1.77. The molecule has 1 unspecified atom stereocenters. The lowest BCUT2D eigenvalue weighted by Crippen LogP contribution is -2.11. The van der Waals surface area contributed by atoms with E-state index in [9.17, 15) is 26.7 Å². The van der Waals surface area contributed by atoms with Crippen LogP contribution in [-0.4, -0.2) is 19.7 Å². The second-order valence-corrected chi connectivity index (χ2v) is 6.84. The zero-order valence-corrected chi connectivity index (χ0v) is 15.1. The summed E-state index contributed by atoms with van der Waals surface area (Å²) < 4.78 is 60.9. The summed E-state index contributed by atoms with van der Waals surface area (Å²) in [6.45, 7) is 0. The molecule has 1 heterocycles. The van der Waals surface area contributed by atoms with Crippen LogP contribution in [0.25, 0.3) is 11.3 Å². The molecule has 0 bridgehead atoms. The number of rotatable bonds is 5. The normalized spacial score (nSPS) is 12.6. The van der Waals surface area contributed by atoms with Crippen LogP contribution in [-0.2, 0) is 23.0 Å². The molecular formula is C19H14F3N2O3S-. The summed E-state index contributed by atoms with van der Waals surface area (Å²) in [4.78, 5) is 15.1. The molecule has 3 rings (SSSR count). The standard InChI is InChI=1S/C19H15F3N2O3S/c20-19(21,22)16-4-2-1-3-15(16)17-9-13(10-23-17)18(25)24-14-7-5-12(6-8-14)11-28(26)27/h1-10,23H,11H2,(H,24,25)(H,26,27)/p-1. The smallest absolute Gasteiger partial charge is 0.417 e. The van der Waals surface area contributed by atoms with Gasteiger partial charge in [-0.3, -0.25) is 9.00 Å². The SMILES string of the molecule is O=C(Nc1ccc(CS(=O)[O-])cc1)c1c[nH]c(-c2ccccc2C(F)(F)F)c1. The number of carbonyl (C=O) groups excluding carboxylic acids is 1. The fraction of sp³-hybridized carbons (Fsp3) is 0.105. The van der Waals surface area contributed by atoms with Crippen molar-refractivity contribution in [3.05, 3.63) is 77.5 Å². The van der Waals surface area contributed by atoms with E-state index in [4.69, 9.17) is 0 Å². The summed E-state index contributed by atoms with van der Waals surface area (Å²) >= 11 is -2.21. The van der Waals surface area contributed by atoms with Crippen LogP contribution < -0.4 is 5.32 Å². The quantitative estimate of drug-likeness (QED) is 0.618. The van der Waals surface area contributed by atoms with Gasteiger partial charge in [0.05, 0.1) is 11.1 Å². The van der Waals surface area contributed by atoms with E-state index < -0.39 is 28.7 Å². The van der Waals surface area contributed by atoms with E-state index >= 15 is 0 Å². The average molecular weight is 407 g/mol. The topological polar surface area (TPSA) is 85.0 Å². The molecular weight excluding hydrogens is 393 g/mol. The molecule has 0 spiro atoms. The fourth-order valence-corrected chi connectivity index (χ4v) is 3.13. The first kappa shape index (κ1) is 19.8. The van der Waals surface area contributed by atoms with Gasteiger partial charge in [-0.25, -0.2) is 0 Å². The van der Waals surface area contributed by atoms with E-state index in [2.05, 4.69) is 10.3 Å². The van der Waals surface area contributed by atoms with Crippen LogP contribution in [0.1, 0.15) is 21.5 Å². The maximum absolute atomic E-state index is 13.2. The third kappa shape index (κ3) is 4.68. The molecule has 0 aliphatic carbocycles. The molecule has 0 aliphatic rings. The molecule has 1 atom stereocenters. The molecule has 3 aromatic rings. The van der Waals surface area contributed by atoms with Crippen LogP contribution in [0.15, 0.2) is 60.8 Å². The van der Waals surface area contributed by atoms with Crippen LogP contribution in [0.5, 0.6) is 0 Å². The molecule has 28 heavy (non-hydrogen) atoms. The summed E-state index contributed by atoms with van der Waals surface area (Å²) in [5.41, 5.74) is 0.491. The van der Waals surface area contributed by atoms with Gasteiger partial charge in [0.1, 0.15) is 0 Å². The van der Waals surface area contributed by atoms with E-state index in [1.165, 1.54) is 30.5 Å². The maximum Gasteiger partial charge on any atom is 0.417 e. The molecule has 5 nitrogen and oxygen atoms in total. The van der Waals surface area contributed by atoms with Crippen molar-refractivity contribution in [1.82, 2.24) is 4.98 Å². The molecule has 0 saturated carbocycles. The van der Waals surface area contributed by atoms with Crippen molar-refractivity contribution in [1.29, 1.82) is 0 Å². The molecule has 9 heteroatoms. The Hall–Kier alpha value is -2.91. The van der Waals surface area contributed by atoms with Crippen LogP contribution in [0.3, 0.4) is 0 Å². The number of hydrogen-bond acceptors (Lipinski definition) is 3. The van der Waals surface area contributed by atoms with E-state index in [-0.39, 0.29) is 22.6 Å². The van der Waals surface area contributed by atoms with Gasteiger partial charge in [-0.1, -0.05) is 41.4 Å². The van der Waals surface area contributed by atoms with Gasteiger partial charge in [-0.15, -0.1) is 0 Å². The summed E-state index contributed by atoms with van der Waals surface area (Å²) in [6.07, 6.45) is -3.19. The van der Waals surface area contributed by atoms with Crippen LogP contribution in [0, 0.1) is 0 Å². The molecule has 146 valence electrons. The van der Waals surface area contributed by atoms with E-state index in [0.717, 1.165) is 6.07 Å². The van der Waals surface area contributed by atoms with E-state index in [1.807, 2.05) is 0 Å². The Labute approximate surface area is 160 Å². The number of aromatic nitrogens is 1. The lowest BCUT2D eigenvalue weighted by atomic mass is 10.0. The Morgan fingerprint density at radius 1 is 1.11 bits per heavy atom. The predicted molar refractivity (Wildman–Crippen MR) is 98.2 cm³/mol. The molecule has 1 amide bonds. The van der Waals surface area contributed by atoms with Crippen LogP contribution in [0.4, 0.5) is 18.9 Å². The highest BCUT2D eigenvalue weighted by atomic mass is 32.2. The van der Waals surface area contributed by atoms with Gasteiger partial charge in [0, 0.05) is 28.9 Å². The molecule has 0 aliphatic heterocycles. The highest BCUT2D eigenvalue weighted by molar-refractivity contribution is 7.78. The minimum Gasteiger partial charge on any atom is -0.772 e. The number of anilines is 1. The monoisotopic (exact) mass is 407 g/mol. The van der Waals surface area contributed by atoms with Gasteiger partial charge in [-0.2, -0.15) is 13.2 Å². The first-order chi connectivity index (χ1) is 13.2. The summed E-state index contributed by atoms with van der Waals surface area (Å²) in [6, 6.07) is 12.7. The minimum absolute atomic E-state index is 0.0518. The number of halogens is 3. The lowest BCUT2D eigenvalue weighted by molar-refractivity contribution is -0.137. The first-order valence-corrected chi connectivity index (χ1v) is 9.29. The van der Waals surface area contributed by atoms with Gasteiger partial charge in [-0.05, 0) is 29.8 Å². The Morgan fingerprint density at radius 3 is 2.43 bits per heavy atom. The number of benzene rings is 2. The average Bonchev–Trinajstić information content (AvgIpc) is 3.12. The molecule has 2 aromatic carbocycles. The number of amides is 1. The Bertz CT molecular complexity index is 1010. The van der Waals surface area contributed by atoms with Crippen LogP contribution in [0.2, 0.25) is 0 Å².